The van der Waals surface area contributed by atoms with Crippen LogP contribution in [0.3, 0.4) is 0 Å². The second kappa shape index (κ2) is 8.24. The third kappa shape index (κ3) is 7.34. The quantitative estimate of drug-likeness (QED) is 0.424. The second-order valence-electron chi connectivity index (χ2n) is 3.72. The summed E-state index contributed by atoms with van der Waals surface area (Å²) in [7, 11) is 0. The first kappa shape index (κ1) is 17.8. The molecule has 1 aromatic heterocycles. The molecule has 0 saturated carbocycles. The van der Waals surface area contributed by atoms with Gasteiger partial charge in [-0.25, -0.2) is 14.6 Å². The molecule has 4 N–H and O–H groups in total. The minimum atomic E-state index is -1.31. The van der Waals surface area contributed by atoms with Gasteiger partial charge in [0.1, 0.15) is 11.0 Å². The average molecular weight is 341 g/mol. The number of halogens is 1. The molecule has 1 aromatic rings. The Balaban J connectivity index is 2.83. The highest BCUT2D eigenvalue weighted by atomic mass is 35.5. The summed E-state index contributed by atoms with van der Waals surface area (Å²) in [6.45, 7) is 0. The third-order valence-corrected chi connectivity index (χ3v) is 2.13. The number of nitrogens with one attached hydrogen (secondary N) is 2. The molecule has 0 saturated heterocycles. The summed E-state index contributed by atoms with van der Waals surface area (Å²) in [4.78, 5) is 50.8. The van der Waals surface area contributed by atoms with Gasteiger partial charge in [-0.3, -0.25) is 14.9 Å². The Morgan fingerprint density at radius 1 is 0.913 bits per heavy atom. The zero-order valence-electron chi connectivity index (χ0n) is 11.2. The highest BCUT2D eigenvalue weighted by molar-refractivity contribution is 6.29. The highest BCUT2D eigenvalue weighted by Gasteiger charge is 2.08. The fourth-order valence-electron chi connectivity index (χ4n) is 1.15. The van der Waals surface area contributed by atoms with E-state index in [1.165, 1.54) is 0 Å². The molecule has 1 rings (SSSR count). The van der Waals surface area contributed by atoms with Gasteiger partial charge >= 0.3 is 11.9 Å². The molecule has 0 aliphatic carbocycles. The van der Waals surface area contributed by atoms with Crippen LogP contribution in [0, 0.1) is 0 Å². The molecule has 0 aliphatic heterocycles. The van der Waals surface area contributed by atoms with Crippen LogP contribution in [-0.2, 0) is 19.2 Å². The molecule has 0 unspecified atom stereocenters. The predicted molar refractivity (Wildman–Crippen MR) is 77.9 cm³/mol. The third-order valence-electron chi connectivity index (χ3n) is 1.94. The number of carboxylic acids is 2. The molecule has 10 nitrogen and oxygen atoms in total. The van der Waals surface area contributed by atoms with E-state index in [2.05, 4.69) is 20.6 Å². The number of aromatic nitrogens is 2. The van der Waals surface area contributed by atoms with Gasteiger partial charge in [0, 0.05) is 30.4 Å². The summed E-state index contributed by atoms with van der Waals surface area (Å²) < 4.78 is 0. The van der Waals surface area contributed by atoms with E-state index in [1.807, 2.05) is 0 Å². The maximum Gasteiger partial charge on any atom is 0.328 e. The van der Waals surface area contributed by atoms with Crippen molar-refractivity contribution in [1.82, 2.24) is 9.97 Å². The number of hydrogen-bond acceptors (Lipinski definition) is 6. The van der Waals surface area contributed by atoms with Crippen molar-refractivity contribution in [1.29, 1.82) is 0 Å². The average Bonchev–Trinajstić information content (AvgIpc) is 2.42. The van der Waals surface area contributed by atoms with Gasteiger partial charge in [0.05, 0.1) is 0 Å². The first-order valence-corrected chi connectivity index (χ1v) is 6.12. The number of hydrogen-bond donors (Lipinski definition) is 4. The van der Waals surface area contributed by atoms with Crippen LogP contribution in [0.2, 0.25) is 5.15 Å². The summed E-state index contributed by atoms with van der Waals surface area (Å²) in [5.74, 6) is -4.61. The molecule has 1 heterocycles. The van der Waals surface area contributed by atoms with Gasteiger partial charge in [-0.1, -0.05) is 11.6 Å². The summed E-state index contributed by atoms with van der Waals surface area (Å²) in [5.41, 5.74) is 0. The maximum atomic E-state index is 11.4. The lowest BCUT2D eigenvalue weighted by Crippen LogP contribution is -2.14. The molecule has 0 fully saturated rings. The lowest BCUT2D eigenvalue weighted by atomic mass is 10.4. The van der Waals surface area contributed by atoms with Gasteiger partial charge < -0.3 is 15.5 Å². The van der Waals surface area contributed by atoms with Crippen molar-refractivity contribution >= 4 is 47.1 Å². The van der Waals surface area contributed by atoms with Gasteiger partial charge in [-0.05, 0) is 0 Å². The molecular weight excluding hydrogens is 332 g/mol. The molecule has 0 atom stereocenters. The van der Waals surface area contributed by atoms with E-state index in [9.17, 15) is 19.2 Å². The number of rotatable bonds is 6. The molecule has 0 spiro atoms. The SMILES string of the molecule is O=C(O)/C=C/C(=O)Nc1cc(Cl)nc(NC(=O)/C=C/C(=O)O)n1. The molecule has 2 amide bonds. The number of anilines is 2. The van der Waals surface area contributed by atoms with Gasteiger partial charge in [0.25, 0.3) is 5.91 Å². The predicted octanol–water partition coefficient (Wildman–Crippen LogP) is 0.289. The lowest BCUT2D eigenvalue weighted by molar-refractivity contribution is -0.132. The van der Waals surface area contributed by atoms with Crippen molar-refractivity contribution in [3.63, 3.8) is 0 Å². The first-order chi connectivity index (χ1) is 10.8. The molecule has 11 heteroatoms. The van der Waals surface area contributed by atoms with Crippen molar-refractivity contribution in [3.05, 3.63) is 35.5 Å². The molecule has 0 bridgehead atoms. The molecular formula is C12H9ClN4O6. The van der Waals surface area contributed by atoms with Crippen LogP contribution in [-0.4, -0.2) is 43.9 Å². The number of carbonyl (C=O) groups excluding carboxylic acids is 2. The van der Waals surface area contributed by atoms with Gasteiger partial charge in [0.2, 0.25) is 11.9 Å². The Bertz CT molecular complexity index is 659. The molecule has 0 aromatic carbocycles. The van der Waals surface area contributed by atoms with Crippen LogP contribution in [0.1, 0.15) is 0 Å². The summed E-state index contributed by atoms with van der Waals surface area (Å²) in [6.07, 6.45) is 2.73. The van der Waals surface area contributed by atoms with Crippen molar-refractivity contribution in [2.45, 2.75) is 0 Å². The number of carbonyl (C=O) groups is 4. The van der Waals surface area contributed by atoms with E-state index >= 15 is 0 Å². The first-order valence-electron chi connectivity index (χ1n) is 5.75. The smallest absolute Gasteiger partial charge is 0.328 e. The van der Waals surface area contributed by atoms with E-state index in [1.54, 1.807) is 0 Å². The minimum Gasteiger partial charge on any atom is -0.478 e. The Hall–Kier alpha value is -3.27. The van der Waals surface area contributed by atoms with Crippen molar-refractivity contribution in [3.8, 4) is 0 Å². The van der Waals surface area contributed by atoms with Crippen LogP contribution in [0.5, 0.6) is 0 Å². The van der Waals surface area contributed by atoms with Gasteiger partial charge in [0.15, 0.2) is 0 Å². The Labute approximate surface area is 133 Å². The van der Waals surface area contributed by atoms with Crippen molar-refractivity contribution in [2.24, 2.45) is 0 Å². The number of amides is 2. The normalized spacial score (nSPS) is 10.7. The van der Waals surface area contributed by atoms with E-state index in [4.69, 9.17) is 21.8 Å². The van der Waals surface area contributed by atoms with E-state index in [0.717, 1.165) is 18.2 Å². The molecule has 23 heavy (non-hydrogen) atoms. The fraction of sp³-hybridized carbons (Fsp3) is 0. The minimum absolute atomic E-state index is 0.0949. The van der Waals surface area contributed by atoms with E-state index in [-0.39, 0.29) is 16.9 Å². The molecule has 0 aliphatic rings. The number of carboxylic acid groups (broad SMARTS) is 2. The molecule has 0 radical (unpaired) electrons. The summed E-state index contributed by atoms with van der Waals surface area (Å²) in [5, 5.41) is 21.0. The van der Waals surface area contributed by atoms with E-state index in [0.29, 0.717) is 12.2 Å². The Morgan fingerprint density at radius 3 is 1.96 bits per heavy atom. The van der Waals surface area contributed by atoms with Gasteiger partial charge in [-0.15, -0.1) is 0 Å². The Kier molecular flexibility index (Phi) is 6.37. The van der Waals surface area contributed by atoms with E-state index < -0.39 is 23.8 Å². The monoisotopic (exact) mass is 340 g/mol. The standard InChI is InChI=1S/C12H9ClN4O6/c13-6-5-7(15-8(18)1-3-10(20)21)16-12(14-6)17-9(19)2-4-11(22)23/h1-5H,(H,20,21)(H,22,23)(H2,14,15,16,17,18,19)/b3-1+,4-2+. The Morgan fingerprint density at radius 2 is 1.43 bits per heavy atom. The fourth-order valence-corrected chi connectivity index (χ4v) is 1.33. The zero-order chi connectivity index (χ0) is 17.4. The largest absolute Gasteiger partial charge is 0.478 e. The van der Waals surface area contributed by atoms with Crippen molar-refractivity contribution in [2.75, 3.05) is 10.6 Å². The van der Waals surface area contributed by atoms with Crippen LogP contribution in [0.4, 0.5) is 11.8 Å². The van der Waals surface area contributed by atoms with Crippen LogP contribution in [0.25, 0.3) is 0 Å². The second-order valence-corrected chi connectivity index (χ2v) is 4.11. The topological polar surface area (TPSA) is 159 Å². The highest BCUT2D eigenvalue weighted by Crippen LogP contribution is 2.14. The summed E-state index contributed by atoms with van der Waals surface area (Å²) >= 11 is 5.69. The van der Waals surface area contributed by atoms with Crippen LogP contribution in [0.15, 0.2) is 30.4 Å². The van der Waals surface area contributed by atoms with Crippen LogP contribution >= 0.6 is 11.6 Å². The lowest BCUT2D eigenvalue weighted by Gasteiger charge is -2.05. The van der Waals surface area contributed by atoms with Gasteiger partial charge in [-0.2, -0.15) is 4.98 Å². The summed E-state index contributed by atoms with van der Waals surface area (Å²) in [6, 6.07) is 1.16. The molecule has 120 valence electrons. The van der Waals surface area contributed by atoms with Crippen LogP contribution < -0.4 is 10.6 Å². The zero-order valence-corrected chi connectivity index (χ0v) is 11.9. The number of nitrogens with zero attached hydrogens (tertiary/aromatic N) is 2. The number of aliphatic carboxylic acids is 2. The maximum absolute atomic E-state index is 11.4. The van der Waals surface area contributed by atoms with Crippen molar-refractivity contribution < 1.29 is 29.4 Å².